The van der Waals surface area contributed by atoms with Gasteiger partial charge in [0, 0.05) is 0 Å². The Morgan fingerprint density at radius 3 is 2.30 bits per heavy atom. The Kier molecular flexibility index (Phi) is 6.30. The lowest BCUT2D eigenvalue weighted by Crippen LogP contribution is -2.45. The van der Waals surface area contributed by atoms with Gasteiger partial charge in [-0.15, -0.1) is 0 Å². The number of sulfonamides is 1. The fourth-order valence-corrected chi connectivity index (χ4v) is 3.26. The molecule has 0 unspecified atom stereocenters. The highest BCUT2D eigenvalue weighted by Crippen LogP contribution is 2.17. The van der Waals surface area contributed by atoms with Gasteiger partial charge in [-0.2, -0.15) is 9.98 Å². The first kappa shape index (κ1) is 19.1. The van der Waals surface area contributed by atoms with Crippen molar-refractivity contribution in [2.75, 3.05) is 0 Å². The molecule has 0 spiro atoms. The average molecular weight is 338 g/mol. The molecule has 0 fully saturated rings. The summed E-state index contributed by atoms with van der Waals surface area (Å²) in [5.41, 5.74) is 1.82. The molecule has 0 saturated carbocycles. The number of nitriles is 1. The summed E-state index contributed by atoms with van der Waals surface area (Å²) < 4.78 is 32.3. The largest absolute Gasteiger partial charge is 0.446 e. The van der Waals surface area contributed by atoms with Crippen molar-refractivity contribution in [3.05, 3.63) is 29.3 Å². The first-order valence-electron chi connectivity index (χ1n) is 7.28. The number of hydrogen-bond donors (Lipinski definition) is 1. The van der Waals surface area contributed by atoms with Gasteiger partial charge in [-0.3, -0.25) is 4.79 Å². The Morgan fingerprint density at radius 1 is 1.22 bits per heavy atom. The van der Waals surface area contributed by atoms with Gasteiger partial charge in [-0.25, -0.2) is 8.42 Å². The van der Waals surface area contributed by atoms with Crippen LogP contribution < -0.4 is 4.72 Å². The lowest BCUT2D eigenvalue weighted by atomic mass is 10.1. The molecule has 1 N–H and O–H groups in total. The first-order valence-corrected chi connectivity index (χ1v) is 8.76. The molecule has 6 nitrogen and oxygen atoms in total. The summed E-state index contributed by atoms with van der Waals surface area (Å²) >= 11 is 0. The van der Waals surface area contributed by atoms with Gasteiger partial charge >= 0.3 is 5.97 Å². The van der Waals surface area contributed by atoms with Crippen LogP contribution in [0.25, 0.3) is 0 Å². The highest BCUT2D eigenvalue weighted by molar-refractivity contribution is 7.89. The second-order valence-electron chi connectivity index (χ2n) is 5.80. The molecule has 23 heavy (non-hydrogen) atoms. The monoisotopic (exact) mass is 338 g/mol. The standard InChI is InChI=1S/C16H22N2O4S/c1-10(2)15(16(19)22-13(5)9-17)18-23(20,21)14-7-6-11(3)12(4)8-14/h6-8,10,13,15,18H,1-5H3/t13-,15+/m0/s1. The minimum atomic E-state index is -3.87. The average Bonchev–Trinajstić information content (AvgIpc) is 2.46. The maximum absolute atomic E-state index is 12.5. The number of nitrogens with zero attached hydrogens (tertiary/aromatic N) is 1. The molecule has 0 aliphatic carbocycles. The quantitative estimate of drug-likeness (QED) is 0.801. The Morgan fingerprint density at radius 2 is 1.83 bits per heavy atom. The molecule has 1 rings (SSSR count). The van der Waals surface area contributed by atoms with Crippen LogP contribution in [0.3, 0.4) is 0 Å². The van der Waals surface area contributed by atoms with Crippen molar-refractivity contribution in [1.82, 2.24) is 4.72 Å². The minimum absolute atomic E-state index is 0.0902. The Labute approximate surface area is 137 Å². The van der Waals surface area contributed by atoms with Gasteiger partial charge in [-0.05, 0) is 49.9 Å². The van der Waals surface area contributed by atoms with E-state index in [1.807, 2.05) is 13.8 Å². The Hall–Kier alpha value is -1.91. The summed E-state index contributed by atoms with van der Waals surface area (Å²) in [5, 5.41) is 8.71. The lowest BCUT2D eigenvalue weighted by molar-refractivity contribution is -0.149. The second kappa shape index (κ2) is 7.57. The van der Waals surface area contributed by atoms with Crippen LogP contribution >= 0.6 is 0 Å². The fourth-order valence-electron chi connectivity index (χ4n) is 1.85. The fraction of sp³-hybridized carbons (Fsp3) is 0.500. The van der Waals surface area contributed by atoms with Crippen molar-refractivity contribution in [2.45, 2.75) is 51.7 Å². The van der Waals surface area contributed by atoms with E-state index in [1.165, 1.54) is 13.0 Å². The number of esters is 1. The summed E-state index contributed by atoms with van der Waals surface area (Å²) in [6.45, 7) is 8.53. The molecule has 0 aliphatic rings. The Bertz CT molecular complexity index is 720. The lowest BCUT2D eigenvalue weighted by Gasteiger charge is -2.21. The molecule has 0 aromatic heterocycles. The van der Waals surface area contributed by atoms with E-state index < -0.39 is 28.1 Å². The summed E-state index contributed by atoms with van der Waals surface area (Å²) in [5.74, 6) is -1.09. The number of aryl methyl sites for hydroxylation is 2. The molecule has 0 aliphatic heterocycles. The van der Waals surface area contributed by atoms with Gasteiger partial charge < -0.3 is 4.74 Å². The van der Waals surface area contributed by atoms with Crippen molar-refractivity contribution in [2.24, 2.45) is 5.92 Å². The zero-order valence-electron chi connectivity index (χ0n) is 14.0. The predicted octanol–water partition coefficient (Wildman–Crippen LogP) is 2.06. The van der Waals surface area contributed by atoms with Crippen LogP contribution in [0.15, 0.2) is 23.1 Å². The van der Waals surface area contributed by atoms with E-state index in [1.54, 1.807) is 32.0 Å². The van der Waals surface area contributed by atoms with Crippen LogP contribution in [-0.4, -0.2) is 26.5 Å². The molecule has 1 aromatic carbocycles. The zero-order valence-corrected chi connectivity index (χ0v) is 14.8. The smallest absolute Gasteiger partial charge is 0.325 e. The van der Waals surface area contributed by atoms with E-state index in [2.05, 4.69) is 4.72 Å². The van der Waals surface area contributed by atoms with Crippen molar-refractivity contribution in [3.8, 4) is 6.07 Å². The van der Waals surface area contributed by atoms with Crippen molar-refractivity contribution < 1.29 is 17.9 Å². The van der Waals surface area contributed by atoms with E-state index in [-0.39, 0.29) is 10.8 Å². The zero-order chi connectivity index (χ0) is 17.8. The van der Waals surface area contributed by atoms with Gasteiger partial charge in [0.05, 0.1) is 4.90 Å². The predicted molar refractivity (Wildman–Crippen MR) is 86.0 cm³/mol. The van der Waals surface area contributed by atoms with Crippen molar-refractivity contribution in [3.63, 3.8) is 0 Å². The molecular weight excluding hydrogens is 316 g/mol. The number of rotatable bonds is 6. The first-order chi connectivity index (χ1) is 10.6. The van der Waals surface area contributed by atoms with Crippen LogP contribution in [0, 0.1) is 31.1 Å². The molecule has 0 heterocycles. The van der Waals surface area contributed by atoms with Crippen LogP contribution in [0.1, 0.15) is 31.9 Å². The third-order valence-corrected chi connectivity index (χ3v) is 4.90. The van der Waals surface area contributed by atoms with Crippen LogP contribution in [0.2, 0.25) is 0 Å². The minimum Gasteiger partial charge on any atom is -0.446 e. The number of carbonyl (C=O) groups is 1. The molecule has 2 atom stereocenters. The number of ether oxygens (including phenoxy) is 1. The van der Waals surface area contributed by atoms with E-state index in [9.17, 15) is 13.2 Å². The molecule has 0 bridgehead atoms. The van der Waals surface area contributed by atoms with Gasteiger partial charge in [0.2, 0.25) is 10.0 Å². The SMILES string of the molecule is Cc1ccc(S(=O)(=O)N[C@@H](C(=O)O[C@@H](C)C#N)C(C)C)cc1C. The summed E-state index contributed by atoms with van der Waals surface area (Å²) in [6.07, 6.45) is -0.935. The van der Waals surface area contributed by atoms with Gasteiger partial charge in [0.25, 0.3) is 0 Å². The van der Waals surface area contributed by atoms with E-state index >= 15 is 0 Å². The molecule has 1 aromatic rings. The topological polar surface area (TPSA) is 96.3 Å². The van der Waals surface area contributed by atoms with Crippen molar-refractivity contribution in [1.29, 1.82) is 5.26 Å². The van der Waals surface area contributed by atoms with E-state index in [0.29, 0.717) is 0 Å². The van der Waals surface area contributed by atoms with Crippen LogP contribution in [-0.2, 0) is 19.6 Å². The van der Waals surface area contributed by atoms with Gasteiger partial charge in [-0.1, -0.05) is 19.9 Å². The molecule has 0 amide bonds. The molecular formula is C16H22N2O4S. The molecule has 7 heteroatoms. The van der Waals surface area contributed by atoms with Gasteiger partial charge in [0.15, 0.2) is 6.10 Å². The third-order valence-electron chi connectivity index (χ3n) is 3.47. The van der Waals surface area contributed by atoms with Crippen LogP contribution in [0.5, 0.6) is 0 Å². The summed E-state index contributed by atoms with van der Waals surface area (Å²) in [7, 11) is -3.87. The number of nitrogens with one attached hydrogen (secondary N) is 1. The summed E-state index contributed by atoms with van der Waals surface area (Å²) in [6, 6.07) is 5.48. The van der Waals surface area contributed by atoms with Crippen molar-refractivity contribution >= 4 is 16.0 Å². The molecule has 126 valence electrons. The highest BCUT2D eigenvalue weighted by Gasteiger charge is 2.30. The normalized spacial score (nSPS) is 14.1. The highest BCUT2D eigenvalue weighted by atomic mass is 32.2. The van der Waals surface area contributed by atoms with E-state index in [4.69, 9.17) is 10.00 Å². The third kappa shape index (κ3) is 5.05. The molecule has 0 radical (unpaired) electrons. The number of benzene rings is 1. The summed E-state index contributed by atoms with van der Waals surface area (Å²) in [4.78, 5) is 12.2. The maximum Gasteiger partial charge on any atom is 0.325 e. The number of hydrogen-bond acceptors (Lipinski definition) is 5. The maximum atomic E-state index is 12.5. The molecule has 0 saturated heterocycles. The second-order valence-corrected chi connectivity index (χ2v) is 7.51. The Balaban J connectivity index is 3.05. The van der Waals surface area contributed by atoms with Gasteiger partial charge in [0.1, 0.15) is 12.1 Å². The van der Waals surface area contributed by atoms with E-state index in [0.717, 1.165) is 11.1 Å². The number of carbonyl (C=O) groups excluding carboxylic acids is 1. The van der Waals surface area contributed by atoms with Crippen LogP contribution in [0.4, 0.5) is 0 Å².